The van der Waals surface area contributed by atoms with E-state index in [1.54, 1.807) is 0 Å². The van der Waals surface area contributed by atoms with E-state index in [0.717, 1.165) is 12.7 Å². The Kier molecular flexibility index (Phi) is 16.2. The van der Waals surface area contributed by atoms with E-state index in [4.69, 9.17) is 4.74 Å². The van der Waals surface area contributed by atoms with Crippen LogP contribution in [0.1, 0.15) is 12.8 Å². The van der Waals surface area contributed by atoms with Gasteiger partial charge in [0.2, 0.25) is 0 Å². The molecular formula is C6H11KO2. The van der Waals surface area contributed by atoms with E-state index < -0.39 is 0 Å². The van der Waals surface area contributed by atoms with Gasteiger partial charge in [-0.3, -0.25) is 0 Å². The molecule has 0 atom stereocenters. The summed E-state index contributed by atoms with van der Waals surface area (Å²) in [5.74, 6) is 0. The Morgan fingerprint density at radius 3 is 2.67 bits per heavy atom. The van der Waals surface area contributed by atoms with Crippen molar-refractivity contribution in [2.45, 2.75) is 12.8 Å². The molecule has 48 valence electrons. The summed E-state index contributed by atoms with van der Waals surface area (Å²) < 4.78 is 4.74. The number of carbonyl (C=O) groups is 1. The number of rotatable bonds is 5. The molecule has 0 saturated heterocycles. The van der Waals surface area contributed by atoms with E-state index in [0.29, 0.717) is 13.0 Å². The van der Waals surface area contributed by atoms with Crippen molar-refractivity contribution < 1.29 is 9.53 Å². The van der Waals surface area contributed by atoms with Gasteiger partial charge in [-0.05, 0) is 6.42 Å². The van der Waals surface area contributed by atoms with E-state index in [2.05, 4.69) is 6.58 Å². The number of aldehydes is 1. The number of carbonyl (C=O) groups excluding carboxylic acids is 1. The molecule has 0 aromatic carbocycles. The summed E-state index contributed by atoms with van der Waals surface area (Å²) >= 11 is 0. The molecule has 0 bridgehead atoms. The first kappa shape index (κ1) is 12.5. The van der Waals surface area contributed by atoms with Gasteiger partial charge in [0.1, 0.15) is 6.29 Å². The predicted octanol–water partition coefficient (Wildman–Crippen LogP) is 0.477. The summed E-state index contributed by atoms with van der Waals surface area (Å²) in [5, 5.41) is 0. The van der Waals surface area contributed by atoms with Crippen LogP contribution in [0.3, 0.4) is 0 Å². The first-order valence-corrected chi connectivity index (χ1v) is 2.58. The predicted molar refractivity (Wildman–Crippen MR) is 38.6 cm³/mol. The molecule has 0 aliphatic carbocycles. The van der Waals surface area contributed by atoms with Crippen LogP contribution in [0, 0.1) is 0 Å². The van der Waals surface area contributed by atoms with Gasteiger partial charge in [0.15, 0.2) is 0 Å². The molecule has 0 radical (unpaired) electrons. The summed E-state index contributed by atoms with van der Waals surface area (Å²) in [6.07, 6.45) is 3.63. The molecule has 0 aromatic heterocycles. The Hall–Kier alpha value is 0.846. The van der Waals surface area contributed by atoms with Crippen molar-refractivity contribution in [2.75, 3.05) is 6.61 Å². The van der Waals surface area contributed by atoms with Crippen LogP contribution >= 0.6 is 0 Å². The Bertz CT molecular complexity index is 63.5. The molecule has 0 N–H and O–H groups in total. The molecule has 0 heterocycles. The number of ether oxygens (including phenoxy) is 1. The van der Waals surface area contributed by atoms with Crippen molar-refractivity contribution in [3.8, 4) is 0 Å². The van der Waals surface area contributed by atoms with Crippen molar-refractivity contribution in [3.63, 3.8) is 0 Å². The number of hydrogen-bond donors (Lipinski definition) is 0. The van der Waals surface area contributed by atoms with Crippen LogP contribution in [0.5, 0.6) is 0 Å². The second kappa shape index (κ2) is 11.6. The standard InChI is InChI=1S/C6H10O2.K.H/c1-2-8-6-4-3-5-7;;/h2,5H,1,3-4,6H2;;. The molecule has 0 saturated carbocycles. The molecule has 0 unspecified atom stereocenters. The zero-order valence-corrected chi connectivity index (χ0v) is 4.80. The fraction of sp³-hybridized carbons (Fsp3) is 0.500. The van der Waals surface area contributed by atoms with Crippen molar-refractivity contribution in [3.05, 3.63) is 12.8 Å². The molecule has 0 amide bonds. The molecule has 9 heavy (non-hydrogen) atoms. The maximum atomic E-state index is 9.69. The minimum absolute atomic E-state index is 0. The summed E-state index contributed by atoms with van der Waals surface area (Å²) in [4.78, 5) is 9.69. The molecule has 0 rings (SSSR count). The summed E-state index contributed by atoms with van der Waals surface area (Å²) in [6, 6.07) is 0. The Morgan fingerprint density at radius 2 is 2.22 bits per heavy atom. The van der Waals surface area contributed by atoms with Crippen molar-refractivity contribution >= 4 is 57.7 Å². The third kappa shape index (κ3) is 12.1. The summed E-state index contributed by atoms with van der Waals surface area (Å²) in [7, 11) is 0. The fourth-order valence-corrected chi connectivity index (χ4v) is 0.333. The Balaban J connectivity index is 0. The van der Waals surface area contributed by atoms with Crippen LogP contribution in [0.2, 0.25) is 0 Å². The molecular weight excluding hydrogens is 143 g/mol. The summed E-state index contributed by atoms with van der Waals surface area (Å²) in [6.45, 7) is 3.95. The van der Waals surface area contributed by atoms with Gasteiger partial charge in [-0.15, -0.1) is 0 Å². The first-order valence-electron chi connectivity index (χ1n) is 2.58. The quantitative estimate of drug-likeness (QED) is 0.249. The van der Waals surface area contributed by atoms with E-state index >= 15 is 0 Å². The van der Waals surface area contributed by atoms with Crippen LogP contribution in [0.15, 0.2) is 12.8 Å². The Morgan fingerprint density at radius 1 is 1.56 bits per heavy atom. The van der Waals surface area contributed by atoms with Gasteiger partial charge in [0.25, 0.3) is 0 Å². The number of unbranched alkanes of at least 4 members (excludes halogenated alkanes) is 1. The zero-order valence-electron chi connectivity index (χ0n) is 4.80. The van der Waals surface area contributed by atoms with Crippen LogP contribution in [0.4, 0.5) is 0 Å². The molecule has 0 aliphatic heterocycles. The zero-order chi connectivity index (χ0) is 6.24. The monoisotopic (exact) mass is 154 g/mol. The van der Waals surface area contributed by atoms with Crippen LogP contribution in [0.25, 0.3) is 0 Å². The van der Waals surface area contributed by atoms with Gasteiger partial charge in [-0.25, -0.2) is 0 Å². The minimum atomic E-state index is 0. The number of hydrogen-bond acceptors (Lipinski definition) is 2. The summed E-state index contributed by atoms with van der Waals surface area (Å²) in [5.41, 5.74) is 0. The molecule has 2 nitrogen and oxygen atoms in total. The van der Waals surface area contributed by atoms with E-state index in [1.807, 2.05) is 0 Å². The SMILES string of the molecule is C=COCCCC=O.[KH]. The van der Waals surface area contributed by atoms with E-state index in [9.17, 15) is 4.79 Å². The van der Waals surface area contributed by atoms with Gasteiger partial charge in [-0.1, -0.05) is 6.58 Å². The topological polar surface area (TPSA) is 26.3 Å². The van der Waals surface area contributed by atoms with Crippen molar-refractivity contribution in [1.82, 2.24) is 0 Å². The normalized spacial score (nSPS) is 7.11. The first-order chi connectivity index (χ1) is 3.91. The van der Waals surface area contributed by atoms with E-state index in [-0.39, 0.29) is 51.4 Å². The molecule has 0 fully saturated rings. The third-order valence-electron chi connectivity index (χ3n) is 0.702. The van der Waals surface area contributed by atoms with Crippen molar-refractivity contribution in [2.24, 2.45) is 0 Å². The second-order valence-corrected chi connectivity index (χ2v) is 1.35. The molecule has 0 aromatic rings. The van der Waals surface area contributed by atoms with Crippen LogP contribution < -0.4 is 0 Å². The van der Waals surface area contributed by atoms with Gasteiger partial charge in [0, 0.05) is 6.42 Å². The average molecular weight is 154 g/mol. The van der Waals surface area contributed by atoms with E-state index in [1.165, 1.54) is 6.26 Å². The van der Waals surface area contributed by atoms with Gasteiger partial charge < -0.3 is 9.53 Å². The molecule has 0 spiro atoms. The third-order valence-corrected chi connectivity index (χ3v) is 0.702. The fourth-order valence-electron chi connectivity index (χ4n) is 0.333. The van der Waals surface area contributed by atoms with Crippen molar-refractivity contribution in [1.29, 1.82) is 0 Å². The van der Waals surface area contributed by atoms with Gasteiger partial charge in [0.05, 0.1) is 12.9 Å². The average Bonchev–Trinajstić information content (AvgIpc) is 1.81. The second-order valence-electron chi connectivity index (χ2n) is 1.35. The van der Waals surface area contributed by atoms with Gasteiger partial charge in [-0.2, -0.15) is 0 Å². The Labute approximate surface area is 98.1 Å². The van der Waals surface area contributed by atoms with Crippen LogP contribution in [-0.4, -0.2) is 64.3 Å². The molecule has 0 aliphatic rings. The molecule has 3 heteroatoms. The van der Waals surface area contributed by atoms with Gasteiger partial charge >= 0.3 is 51.4 Å². The maximum absolute atomic E-state index is 9.69. The van der Waals surface area contributed by atoms with Crippen LogP contribution in [-0.2, 0) is 9.53 Å².